The SMILES string of the molecule is COc1ccc(Cc2ccc(F)c([C@@]3(C)NC(=O)COC(C)(C)C3(F)F)c2)cn1. The summed E-state index contributed by atoms with van der Waals surface area (Å²) >= 11 is 0. The van der Waals surface area contributed by atoms with Crippen LogP contribution in [0, 0.1) is 5.82 Å². The molecule has 0 saturated carbocycles. The maximum Gasteiger partial charge on any atom is 0.302 e. The van der Waals surface area contributed by atoms with Gasteiger partial charge in [0.25, 0.3) is 0 Å². The highest BCUT2D eigenvalue weighted by Crippen LogP contribution is 2.48. The Morgan fingerprint density at radius 2 is 1.86 bits per heavy atom. The third kappa shape index (κ3) is 3.69. The van der Waals surface area contributed by atoms with E-state index in [-0.39, 0.29) is 5.56 Å². The maximum atomic E-state index is 15.4. The van der Waals surface area contributed by atoms with E-state index in [2.05, 4.69) is 10.3 Å². The minimum absolute atomic E-state index is 0.298. The summed E-state index contributed by atoms with van der Waals surface area (Å²) in [6.45, 7) is 2.97. The summed E-state index contributed by atoms with van der Waals surface area (Å²) in [4.78, 5) is 16.2. The quantitative estimate of drug-likeness (QED) is 0.840. The Hall–Kier alpha value is -2.61. The average Bonchev–Trinajstić information content (AvgIpc) is 2.73. The van der Waals surface area contributed by atoms with Crippen molar-refractivity contribution in [1.82, 2.24) is 10.3 Å². The van der Waals surface area contributed by atoms with Crippen molar-refractivity contribution in [2.75, 3.05) is 13.7 Å². The number of nitrogens with zero attached hydrogens (tertiary/aromatic N) is 1. The molecule has 0 aliphatic carbocycles. The zero-order valence-electron chi connectivity index (χ0n) is 16.7. The number of nitrogens with one attached hydrogen (secondary N) is 1. The van der Waals surface area contributed by atoms with Gasteiger partial charge in [-0.3, -0.25) is 4.79 Å². The van der Waals surface area contributed by atoms with E-state index < -0.39 is 35.4 Å². The molecule has 5 nitrogen and oxygen atoms in total. The molecule has 1 aromatic heterocycles. The summed E-state index contributed by atoms with van der Waals surface area (Å²) in [5.74, 6) is -4.71. The van der Waals surface area contributed by atoms with Gasteiger partial charge in [-0.1, -0.05) is 12.1 Å². The second-order valence-corrected chi connectivity index (χ2v) is 7.75. The molecule has 1 fully saturated rings. The number of carbonyl (C=O) groups is 1. The molecule has 29 heavy (non-hydrogen) atoms. The Bertz CT molecular complexity index is 916. The highest BCUT2D eigenvalue weighted by molar-refractivity contribution is 5.79. The second kappa shape index (κ2) is 7.33. The van der Waals surface area contributed by atoms with Crippen molar-refractivity contribution in [1.29, 1.82) is 0 Å². The molecule has 0 bridgehead atoms. The molecule has 1 amide bonds. The first-order chi connectivity index (χ1) is 13.5. The highest BCUT2D eigenvalue weighted by atomic mass is 19.3. The minimum Gasteiger partial charge on any atom is -0.481 e. The Kier molecular flexibility index (Phi) is 5.34. The van der Waals surface area contributed by atoms with E-state index in [1.54, 1.807) is 18.3 Å². The van der Waals surface area contributed by atoms with E-state index in [0.717, 1.165) is 18.6 Å². The van der Waals surface area contributed by atoms with Crippen molar-refractivity contribution in [3.8, 4) is 5.88 Å². The van der Waals surface area contributed by atoms with Gasteiger partial charge in [0.1, 0.15) is 23.6 Å². The van der Waals surface area contributed by atoms with Crippen molar-refractivity contribution in [2.24, 2.45) is 0 Å². The number of pyridine rings is 1. The van der Waals surface area contributed by atoms with Crippen molar-refractivity contribution in [3.63, 3.8) is 0 Å². The molecular weight excluding hydrogens is 385 g/mol. The fourth-order valence-corrected chi connectivity index (χ4v) is 3.51. The van der Waals surface area contributed by atoms with Crippen molar-refractivity contribution < 1.29 is 27.4 Å². The Labute approximate surface area is 167 Å². The van der Waals surface area contributed by atoms with E-state index in [0.29, 0.717) is 17.9 Å². The molecule has 1 aliphatic rings. The van der Waals surface area contributed by atoms with Gasteiger partial charge in [0, 0.05) is 17.8 Å². The summed E-state index contributed by atoms with van der Waals surface area (Å²) in [6, 6.07) is 7.48. The summed E-state index contributed by atoms with van der Waals surface area (Å²) < 4.78 is 55.8. The van der Waals surface area contributed by atoms with Gasteiger partial charge in [-0.15, -0.1) is 0 Å². The summed E-state index contributed by atoms with van der Waals surface area (Å²) in [7, 11) is 1.50. The van der Waals surface area contributed by atoms with Crippen LogP contribution >= 0.6 is 0 Å². The summed E-state index contributed by atoms with van der Waals surface area (Å²) in [5.41, 5.74) is -3.17. The molecule has 0 unspecified atom stereocenters. The van der Waals surface area contributed by atoms with Gasteiger partial charge < -0.3 is 14.8 Å². The molecule has 1 aliphatic heterocycles. The van der Waals surface area contributed by atoms with Crippen LogP contribution in [0.1, 0.15) is 37.5 Å². The molecule has 1 N–H and O–H groups in total. The normalized spacial score (nSPS) is 23.2. The number of halogens is 3. The topological polar surface area (TPSA) is 60.5 Å². The lowest BCUT2D eigenvalue weighted by Gasteiger charge is -2.43. The molecule has 0 radical (unpaired) electrons. The van der Waals surface area contributed by atoms with Crippen LogP contribution in [0.5, 0.6) is 5.88 Å². The number of carbonyl (C=O) groups excluding carboxylic acids is 1. The predicted octanol–water partition coefficient (Wildman–Crippen LogP) is 3.60. The molecule has 1 aromatic carbocycles. The molecule has 2 aromatic rings. The van der Waals surface area contributed by atoms with Gasteiger partial charge in [0.15, 0.2) is 0 Å². The summed E-state index contributed by atoms with van der Waals surface area (Å²) in [6.07, 6.45) is 1.95. The van der Waals surface area contributed by atoms with E-state index in [1.165, 1.54) is 33.1 Å². The molecule has 1 saturated heterocycles. The zero-order chi connectivity index (χ0) is 21.4. The number of aromatic nitrogens is 1. The number of alkyl halides is 2. The molecular formula is C21H23F3N2O3. The smallest absolute Gasteiger partial charge is 0.302 e. The number of ether oxygens (including phenoxy) is 2. The van der Waals surface area contributed by atoms with Crippen LogP contribution in [0.25, 0.3) is 0 Å². The maximum absolute atomic E-state index is 15.4. The van der Waals surface area contributed by atoms with Gasteiger partial charge in [-0.25, -0.2) is 18.2 Å². The number of rotatable bonds is 4. The molecule has 1 atom stereocenters. The largest absolute Gasteiger partial charge is 0.481 e. The number of hydrogen-bond acceptors (Lipinski definition) is 4. The number of hydrogen-bond donors (Lipinski definition) is 1. The standard InChI is InChI=1S/C21H23F3N2O3/c1-19(2)21(23,24)20(3,26-17(27)12-29-19)15-10-13(5-7-16(15)22)9-14-6-8-18(28-4)25-11-14/h5-8,10-11H,9,12H2,1-4H3,(H,26,27)/t20-/m1/s1. The first-order valence-corrected chi connectivity index (χ1v) is 9.11. The van der Waals surface area contributed by atoms with Gasteiger partial charge in [0.05, 0.1) is 7.11 Å². The third-order valence-corrected chi connectivity index (χ3v) is 5.32. The summed E-state index contributed by atoms with van der Waals surface area (Å²) in [5, 5.41) is 2.28. The van der Waals surface area contributed by atoms with Crippen LogP contribution in [0.4, 0.5) is 13.2 Å². The van der Waals surface area contributed by atoms with Crippen molar-refractivity contribution >= 4 is 5.91 Å². The molecule has 3 rings (SSSR count). The zero-order valence-corrected chi connectivity index (χ0v) is 16.7. The molecule has 8 heteroatoms. The predicted molar refractivity (Wildman–Crippen MR) is 100 cm³/mol. The van der Waals surface area contributed by atoms with Crippen LogP contribution in [0.3, 0.4) is 0 Å². The average molecular weight is 408 g/mol. The van der Waals surface area contributed by atoms with Crippen LogP contribution in [0.15, 0.2) is 36.5 Å². The number of amides is 1. The molecule has 0 spiro atoms. The van der Waals surface area contributed by atoms with E-state index in [9.17, 15) is 9.18 Å². The lowest BCUT2D eigenvalue weighted by Crippen LogP contribution is -2.62. The van der Waals surface area contributed by atoms with Gasteiger partial charge in [-0.05, 0) is 50.5 Å². The second-order valence-electron chi connectivity index (χ2n) is 7.75. The van der Waals surface area contributed by atoms with Gasteiger partial charge >= 0.3 is 5.92 Å². The first kappa shape index (κ1) is 21.1. The third-order valence-electron chi connectivity index (χ3n) is 5.32. The fraction of sp³-hybridized carbons (Fsp3) is 0.429. The lowest BCUT2D eigenvalue weighted by molar-refractivity contribution is -0.216. The van der Waals surface area contributed by atoms with Crippen LogP contribution < -0.4 is 10.1 Å². The minimum atomic E-state index is -3.59. The van der Waals surface area contributed by atoms with Gasteiger partial charge in [-0.2, -0.15) is 0 Å². The van der Waals surface area contributed by atoms with Gasteiger partial charge in [0.2, 0.25) is 11.8 Å². The fourth-order valence-electron chi connectivity index (χ4n) is 3.51. The Morgan fingerprint density at radius 3 is 2.48 bits per heavy atom. The van der Waals surface area contributed by atoms with Crippen molar-refractivity contribution in [2.45, 2.75) is 44.3 Å². The lowest BCUT2D eigenvalue weighted by atomic mass is 9.77. The molecule has 2 heterocycles. The van der Waals surface area contributed by atoms with Crippen LogP contribution in [-0.2, 0) is 21.5 Å². The van der Waals surface area contributed by atoms with E-state index >= 15 is 8.78 Å². The van der Waals surface area contributed by atoms with E-state index in [1.807, 2.05) is 0 Å². The monoisotopic (exact) mass is 408 g/mol. The Balaban J connectivity index is 2.04. The van der Waals surface area contributed by atoms with E-state index in [4.69, 9.17) is 9.47 Å². The van der Waals surface area contributed by atoms with Crippen LogP contribution in [-0.4, -0.2) is 36.1 Å². The Morgan fingerprint density at radius 1 is 1.17 bits per heavy atom. The number of benzene rings is 1. The first-order valence-electron chi connectivity index (χ1n) is 9.11. The van der Waals surface area contributed by atoms with Crippen LogP contribution in [0.2, 0.25) is 0 Å². The number of methoxy groups -OCH3 is 1. The van der Waals surface area contributed by atoms with Crippen molar-refractivity contribution in [3.05, 3.63) is 59.0 Å². The highest BCUT2D eigenvalue weighted by Gasteiger charge is 2.64. The molecule has 156 valence electrons.